The van der Waals surface area contributed by atoms with E-state index in [1.54, 1.807) is 0 Å². The molecular formula is C11H18N2O3S. The van der Waals surface area contributed by atoms with Crippen molar-refractivity contribution in [3.63, 3.8) is 0 Å². The standard InChI is InChI=1S/C11H18N2O3S/c1-11(2)10(14)13(17(11,15)16)8-5-9-3-6-12-7-4-9/h3,12H,4-8H2,1-2H3. The van der Waals surface area contributed by atoms with Gasteiger partial charge in [0.25, 0.3) is 15.9 Å². The van der Waals surface area contributed by atoms with Gasteiger partial charge in [0.1, 0.15) is 0 Å². The van der Waals surface area contributed by atoms with Crippen LogP contribution in [0.1, 0.15) is 26.7 Å². The molecule has 0 unspecified atom stereocenters. The van der Waals surface area contributed by atoms with Crippen LogP contribution in [0.2, 0.25) is 0 Å². The van der Waals surface area contributed by atoms with E-state index in [1.807, 2.05) is 0 Å². The molecule has 17 heavy (non-hydrogen) atoms. The SMILES string of the molecule is CC1(C)C(=O)N(CCC2=CCNCC2)S1(=O)=O. The summed E-state index contributed by atoms with van der Waals surface area (Å²) in [5, 5.41) is 3.19. The van der Waals surface area contributed by atoms with Crippen LogP contribution in [0.4, 0.5) is 0 Å². The summed E-state index contributed by atoms with van der Waals surface area (Å²) in [7, 11) is -3.41. The molecule has 0 aromatic carbocycles. The van der Waals surface area contributed by atoms with Crippen molar-refractivity contribution in [3.8, 4) is 0 Å². The third-order valence-corrected chi connectivity index (χ3v) is 5.86. The summed E-state index contributed by atoms with van der Waals surface area (Å²) in [4.78, 5) is 11.7. The van der Waals surface area contributed by atoms with Gasteiger partial charge in [0.15, 0.2) is 4.75 Å². The van der Waals surface area contributed by atoms with Crippen LogP contribution < -0.4 is 5.32 Å². The summed E-state index contributed by atoms with van der Waals surface area (Å²) >= 11 is 0. The van der Waals surface area contributed by atoms with Crippen molar-refractivity contribution in [2.45, 2.75) is 31.4 Å². The zero-order valence-corrected chi connectivity index (χ0v) is 11.0. The lowest BCUT2D eigenvalue weighted by atomic mass is 10.1. The van der Waals surface area contributed by atoms with E-state index >= 15 is 0 Å². The minimum atomic E-state index is -3.41. The Labute approximate surface area is 102 Å². The summed E-state index contributed by atoms with van der Waals surface area (Å²) in [5.74, 6) is -0.285. The Hall–Kier alpha value is -0.880. The second kappa shape index (κ2) is 4.10. The fourth-order valence-electron chi connectivity index (χ4n) is 2.12. The first-order valence-electron chi connectivity index (χ1n) is 5.83. The van der Waals surface area contributed by atoms with E-state index in [0.29, 0.717) is 6.42 Å². The summed E-state index contributed by atoms with van der Waals surface area (Å²) in [6.07, 6.45) is 3.67. The lowest BCUT2D eigenvalue weighted by molar-refractivity contribution is -0.132. The van der Waals surface area contributed by atoms with Crippen LogP contribution >= 0.6 is 0 Å². The molecular weight excluding hydrogens is 240 g/mol. The van der Waals surface area contributed by atoms with Crippen molar-refractivity contribution in [1.82, 2.24) is 9.62 Å². The Bertz CT molecular complexity index is 465. The molecule has 0 spiro atoms. The van der Waals surface area contributed by atoms with Gasteiger partial charge in [-0.15, -0.1) is 0 Å². The van der Waals surface area contributed by atoms with E-state index in [-0.39, 0.29) is 12.5 Å². The molecule has 0 radical (unpaired) electrons. The molecule has 2 rings (SSSR count). The average Bonchev–Trinajstić information content (AvgIpc) is 2.29. The Balaban J connectivity index is 1.98. The molecule has 0 aromatic heterocycles. The lowest BCUT2D eigenvalue weighted by Gasteiger charge is -2.43. The number of hydrogen-bond donors (Lipinski definition) is 1. The van der Waals surface area contributed by atoms with E-state index in [4.69, 9.17) is 0 Å². The van der Waals surface area contributed by atoms with Crippen LogP contribution in [0.15, 0.2) is 11.6 Å². The molecule has 0 aliphatic carbocycles. The maximum absolute atomic E-state index is 11.8. The third kappa shape index (κ3) is 1.89. The average molecular weight is 258 g/mol. The van der Waals surface area contributed by atoms with Crippen LogP contribution in [-0.2, 0) is 14.8 Å². The number of hydrogen-bond acceptors (Lipinski definition) is 4. The first-order chi connectivity index (χ1) is 7.87. The largest absolute Gasteiger partial charge is 0.313 e. The van der Waals surface area contributed by atoms with Crippen LogP contribution in [-0.4, -0.2) is 43.0 Å². The van der Waals surface area contributed by atoms with Crippen molar-refractivity contribution in [1.29, 1.82) is 0 Å². The number of rotatable bonds is 3. The molecule has 96 valence electrons. The Morgan fingerprint density at radius 1 is 1.47 bits per heavy atom. The van der Waals surface area contributed by atoms with Gasteiger partial charge < -0.3 is 5.32 Å². The summed E-state index contributed by atoms with van der Waals surface area (Å²) in [6.45, 7) is 4.98. The highest BCUT2D eigenvalue weighted by Gasteiger charge is 2.59. The first kappa shape index (κ1) is 12.6. The quantitative estimate of drug-likeness (QED) is 0.737. The minimum Gasteiger partial charge on any atom is -0.313 e. The highest BCUT2D eigenvalue weighted by atomic mass is 32.2. The first-order valence-corrected chi connectivity index (χ1v) is 7.27. The van der Waals surface area contributed by atoms with Crippen LogP contribution in [0.5, 0.6) is 0 Å². The lowest BCUT2D eigenvalue weighted by Crippen LogP contribution is -2.67. The highest BCUT2D eigenvalue weighted by molar-refractivity contribution is 7.94. The molecule has 6 heteroatoms. The van der Waals surface area contributed by atoms with Gasteiger partial charge >= 0.3 is 0 Å². The normalized spacial score (nSPS) is 26.4. The van der Waals surface area contributed by atoms with Crippen LogP contribution in [0, 0.1) is 0 Å². The number of carbonyl (C=O) groups is 1. The zero-order chi connectivity index (χ0) is 12.7. The van der Waals surface area contributed by atoms with E-state index in [0.717, 1.165) is 23.8 Å². The number of nitrogens with zero attached hydrogens (tertiary/aromatic N) is 1. The fraction of sp³-hybridized carbons (Fsp3) is 0.727. The number of amides is 1. The molecule has 1 amide bonds. The second-order valence-electron chi connectivity index (χ2n) is 4.96. The van der Waals surface area contributed by atoms with Crippen molar-refractivity contribution in [2.75, 3.05) is 19.6 Å². The molecule has 5 nitrogen and oxygen atoms in total. The summed E-state index contributed by atoms with van der Waals surface area (Å²) in [6, 6.07) is 0. The van der Waals surface area contributed by atoms with Gasteiger partial charge in [-0.25, -0.2) is 12.7 Å². The zero-order valence-electron chi connectivity index (χ0n) is 10.2. The van der Waals surface area contributed by atoms with Gasteiger partial charge in [-0.2, -0.15) is 0 Å². The number of sulfonamides is 1. The highest BCUT2D eigenvalue weighted by Crippen LogP contribution is 2.35. The van der Waals surface area contributed by atoms with E-state index < -0.39 is 14.8 Å². The predicted molar refractivity (Wildman–Crippen MR) is 64.9 cm³/mol. The molecule has 2 heterocycles. The van der Waals surface area contributed by atoms with Gasteiger partial charge in [-0.05, 0) is 33.2 Å². The van der Waals surface area contributed by atoms with Crippen molar-refractivity contribution in [3.05, 3.63) is 11.6 Å². The van der Waals surface area contributed by atoms with E-state index in [9.17, 15) is 13.2 Å². The second-order valence-corrected chi connectivity index (χ2v) is 7.37. The molecule has 1 fully saturated rings. The molecule has 1 saturated heterocycles. The minimum absolute atomic E-state index is 0.285. The molecule has 0 atom stereocenters. The van der Waals surface area contributed by atoms with E-state index in [2.05, 4.69) is 11.4 Å². The Kier molecular flexibility index (Phi) is 3.03. The maximum atomic E-state index is 11.8. The Morgan fingerprint density at radius 3 is 2.71 bits per heavy atom. The number of nitrogens with one attached hydrogen (secondary N) is 1. The fourth-order valence-corrected chi connectivity index (χ4v) is 3.65. The Morgan fingerprint density at radius 2 is 2.18 bits per heavy atom. The predicted octanol–water partition coefficient (Wildman–Crippen LogP) is 0.247. The van der Waals surface area contributed by atoms with Crippen LogP contribution in [0.3, 0.4) is 0 Å². The monoisotopic (exact) mass is 258 g/mol. The molecule has 2 aliphatic heterocycles. The van der Waals surface area contributed by atoms with Gasteiger partial charge in [0, 0.05) is 13.1 Å². The number of carbonyl (C=O) groups excluding carboxylic acids is 1. The van der Waals surface area contributed by atoms with Gasteiger partial charge in [0.05, 0.1) is 0 Å². The maximum Gasteiger partial charge on any atom is 0.258 e. The molecule has 0 aromatic rings. The summed E-state index contributed by atoms with van der Waals surface area (Å²) in [5.41, 5.74) is 1.23. The van der Waals surface area contributed by atoms with Crippen LogP contribution in [0.25, 0.3) is 0 Å². The topological polar surface area (TPSA) is 66.5 Å². The molecule has 2 aliphatic rings. The van der Waals surface area contributed by atoms with Gasteiger partial charge in [-0.3, -0.25) is 4.79 Å². The van der Waals surface area contributed by atoms with Crippen molar-refractivity contribution in [2.24, 2.45) is 0 Å². The van der Waals surface area contributed by atoms with Crippen molar-refractivity contribution < 1.29 is 13.2 Å². The molecule has 1 N–H and O–H groups in total. The molecule has 0 saturated carbocycles. The third-order valence-electron chi connectivity index (χ3n) is 3.47. The smallest absolute Gasteiger partial charge is 0.258 e. The summed E-state index contributed by atoms with van der Waals surface area (Å²) < 4.78 is 23.4. The van der Waals surface area contributed by atoms with Gasteiger partial charge in [0.2, 0.25) is 0 Å². The van der Waals surface area contributed by atoms with E-state index in [1.165, 1.54) is 19.4 Å². The molecule has 0 bridgehead atoms. The van der Waals surface area contributed by atoms with Gasteiger partial charge in [-0.1, -0.05) is 11.6 Å². The van der Waals surface area contributed by atoms with Crippen molar-refractivity contribution >= 4 is 15.9 Å².